The lowest BCUT2D eigenvalue weighted by atomic mass is 9.68. The summed E-state index contributed by atoms with van der Waals surface area (Å²) >= 11 is 0. The fourth-order valence-electron chi connectivity index (χ4n) is 5.93. The van der Waals surface area contributed by atoms with Crippen molar-refractivity contribution >= 4 is 11.9 Å². The van der Waals surface area contributed by atoms with E-state index in [4.69, 9.17) is 5.11 Å². The second-order valence-electron chi connectivity index (χ2n) is 10.1. The Bertz CT molecular complexity index is 801. The smallest absolute Gasteiger partial charge is 0.321 e. The Balaban J connectivity index is 1.54. The number of carbonyl (C=O) groups is 2. The van der Waals surface area contributed by atoms with Crippen molar-refractivity contribution in [2.75, 3.05) is 46.9 Å². The summed E-state index contributed by atoms with van der Waals surface area (Å²) in [5.41, 5.74) is 1.12. The van der Waals surface area contributed by atoms with Crippen LogP contribution in [0.25, 0.3) is 0 Å². The number of benzene rings is 1. The Morgan fingerprint density at radius 3 is 2.41 bits per heavy atom. The number of nitrogens with one attached hydrogen (secondary N) is 1. The predicted molar refractivity (Wildman–Crippen MR) is 124 cm³/mol. The van der Waals surface area contributed by atoms with Crippen LogP contribution in [0.2, 0.25) is 0 Å². The molecule has 1 aromatic rings. The zero-order chi connectivity index (χ0) is 22.8. The van der Waals surface area contributed by atoms with E-state index in [2.05, 4.69) is 59.5 Å². The fourth-order valence-corrected chi connectivity index (χ4v) is 5.93. The Hall–Kier alpha value is -2.12. The molecule has 1 aromatic carbocycles. The van der Waals surface area contributed by atoms with Crippen molar-refractivity contribution in [3.05, 3.63) is 35.9 Å². The molecule has 2 aliphatic carbocycles. The van der Waals surface area contributed by atoms with Gasteiger partial charge in [-0.15, -0.1) is 0 Å². The second kappa shape index (κ2) is 9.40. The van der Waals surface area contributed by atoms with Crippen molar-refractivity contribution in [3.63, 3.8) is 0 Å². The van der Waals surface area contributed by atoms with Crippen molar-refractivity contribution < 1.29 is 14.7 Å². The van der Waals surface area contributed by atoms with Crippen LogP contribution >= 0.6 is 0 Å². The molecule has 0 radical (unpaired) electrons. The number of hydrogen-bond donors (Lipinski definition) is 2. The van der Waals surface area contributed by atoms with Crippen molar-refractivity contribution in [1.82, 2.24) is 20.0 Å². The van der Waals surface area contributed by atoms with Crippen molar-refractivity contribution in [2.45, 2.75) is 56.0 Å². The number of rotatable bonds is 8. The van der Waals surface area contributed by atoms with E-state index in [1.54, 1.807) is 4.90 Å². The summed E-state index contributed by atoms with van der Waals surface area (Å²) in [6, 6.07) is 10.7. The Morgan fingerprint density at radius 2 is 1.84 bits per heavy atom. The van der Waals surface area contributed by atoms with Gasteiger partial charge >= 0.3 is 6.03 Å². The molecule has 3 amide bonds. The average Bonchev–Trinajstić information content (AvgIpc) is 3.00. The maximum Gasteiger partial charge on any atom is 0.321 e. The highest BCUT2D eigenvalue weighted by Crippen LogP contribution is 2.49. The zero-order valence-electron chi connectivity index (χ0n) is 19.6. The summed E-state index contributed by atoms with van der Waals surface area (Å²) in [6.45, 7) is 1.63. The number of urea groups is 1. The average molecular weight is 443 g/mol. The molecule has 1 heterocycles. The van der Waals surface area contributed by atoms with Gasteiger partial charge < -0.3 is 20.2 Å². The molecule has 0 aromatic heterocycles. The highest BCUT2D eigenvalue weighted by molar-refractivity contribution is 5.86. The highest BCUT2D eigenvalue weighted by Gasteiger charge is 2.55. The Morgan fingerprint density at radius 1 is 1.16 bits per heavy atom. The van der Waals surface area contributed by atoms with Gasteiger partial charge in [0.05, 0.1) is 12.1 Å². The lowest BCUT2D eigenvalue weighted by Gasteiger charge is -2.51. The largest absolute Gasteiger partial charge is 0.395 e. The molecule has 2 saturated carbocycles. The van der Waals surface area contributed by atoms with E-state index in [1.165, 1.54) is 24.8 Å². The summed E-state index contributed by atoms with van der Waals surface area (Å²) in [5.74, 6) is 0.393. The van der Waals surface area contributed by atoms with Crippen molar-refractivity contribution in [2.24, 2.45) is 5.92 Å². The standard InChI is InChI=1S/C25H38N4O3/c1-27(2)25(21-9-4-3-5-10-21)13-11-24(12-14-25)19-28(18-22(31)26-15-16-30)23(32)29(24)17-20-7-6-8-20/h3-5,9-10,20,30H,6-8,11-19H2,1-2H3,(H,26,31). The zero-order valence-corrected chi connectivity index (χ0v) is 19.6. The third-order valence-electron chi connectivity index (χ3n) is 8.17. The lowest BCUT2D eigenvalue weighted by molar-refractivity contribution is -0.121. The first-order valence-electron chi connectivity index (χ1n) is 12.1. The summed E-state index contributed by atoms with van der Waals surface area (Å²) in [5, 5.41) is 11.7. The van der Waals surface area contributed by atoms with E-state index < -0.39 is 0 Å². The van der Waals surface area contributed by atoms with E-state index in [-0.39, 0.29) is 42.7 Å². The van der Waals surface area contributed by atoms with Gasteiger partial charge in [-0.3, -0.25) is 9.69 Å². The van der Waals surface area contributed by atoms with Gasteiger partial charge in [0.2, 0.25) is 5.91 Å². The van der Waals surface area contributed by atoms with Crippen molar-refractivity contribution in [3.8, 4) is 0 Å². The number of aliphatic hydroxyl groups excluding tert-OH is 1. The molecule has 1 saturated heterocycles. The summed E-state index contributed by atoms with van der Waals surface area (Å²) in [6.07, 6.45) is 7.50. The van der Waals surface area contributed by atoms with Crippen LogP contribution in [-0.4, -0.2) is 84.2 Å². The monoisotopic (exact) mass is 442 g/mol. The molecule has 1 aliphatic heterocycles. The summed E-state index contributed by atoms with van der Waals surface area (Å²) < 4.78 is 0. The van der Waals surface area contributed by atoms with Crippen LogP contribution < -0.4 is 5.32 Å². The molecule has 0 atom stereocenters. The predicted octanol–water partition coefficient (Wildman–Crippen LogP) is 2.40. The van der Waals surface area contributed by atoms with Gasteiger partial charge in [0.25, 0.3) is 0 Å². The number of aliphatic hydroxyl groups is 1. The maximum atomic E-state index is 13.4. The minimum atomic E-state index is -0.198. The first kappa shape index (κ1) is 23.1. The molecule has 176 valence electrons. The molecule has 7 heteroatoms. The molecular formula is C25H38N4O3. The van der Waals surface area contributed by atoms with Gasteiger partial charge in [0.15, 0.2) is 0 Å². The number of hydrogen-bond acceptors (Lipinski definition) is 4. The SMILES string of the molecule is CN(C)C1(c2ccccc2)CCC2(CC1)CN(CC(=O)NCCO)C(=O)N2CC1CCC1. The molecular weight excluding hydrogens is 404 g/mol. The van der Waals surface area contributed by atoms with Crippen LogP contribution in [0, 0.1) is 5.92 Å². The third kappa shape index (κ3) is 4.25. The summed E-state index contributed by atoms with van der Waals surface area (Å²) in [7, 11) is 4.32. The molecule has 1 spiro atoms. The first-order valence-corrected chi connectivity index (χ1v) is 12.1. The number of carbonyl (C=O) groups excluding carboxylic acids is 2. The second-order valence-corrected chi connectivity index (χ2v) is 10.1. The van der Waals surface area contributed by atoms with Crippen LogP contribution in [0.5, 0.6) is 0 Å². The van der Waals surface area contributed by atoms with E-state index in [1.807, 2.05) is 0 Å². The topological polar surface area (TPSA) is 76.1 Å². The Labute approximate surface area is 191 Å². The molecule has 3 fully saturated rings. The minimum Gasteiger partial charge on any atom is -0.395 e. The maximum absolute atomic E-state index is 13.4. The van der Waals surface area contributed by atoms with E-state index in [9.17, 15) is 9.59 Å². The molecule has 0 bridgehead atoms. The molecule has 32 heavy (non-hydrogen) atoms. The highest BCUT2D eigenvalue weighted by atomic mass is 16.3. The van der Waals surface area contributed by atoms with Gasteiger partial charge in [-0.05, 0) is 64.1 Å². The first-order chi connectivity index (χ1) is 15.4. The van der Waals surface area contributed by atoms with Gasteiger partial charge in [-0.25, -0.2) is 4.79 Å². The van der Waals surface area contributed by atoms with Crippen LogP contribution in [0.1, 0.15) is 50.5 Å². The Kier molecular flexibility index (Phi) is 6.77. The number of nitrogens with zero attached hydrogens (tertiary/aromatic N) is 3. The molecule has 0 unspecified atom stereocenters. The van der Waals surface area contributed by atoms with Gasteiger partial charge in [0, 0.05) is 25.2 Å². The van der Waals surface area contributed by atoms with Gasteiger partial charge in [-0.1, -0.05) is 36.8 Å². The fraction of sp³-hybridized carbons (Fsp3) is 0.680. The van der Waals surface area contributed by atoms with Gasteiger partial charge in [-0.2, -0.15) is 0 Å². The summed E-state index contributed by atoms with van der Waals surface area (Å²) in [4.78, 5) is 32.0. The molecule has 4 rings (SSSR count). The van der Waals surface area contributed by atoms with Crippen LogP contribution in [-0.2, 0) is 10.3 Å². The van der Waals surface area contributed by atoms with E-state index >= 15 is 0 Å². The third-order valence-corrected chi connectivity index (χ3v) is 8.17. The quantitative estimate of drug-likeness (QED) is 0.648. The van der Waals surface area contributed by atoms with Crippen LogP contribution in [0.4, 0.5) is 4.79 Å². The van der Waals surface area contributed by atoms with Crippen LogP contribution in [0.15, 0.2) is 30.3 Å². The minimum absolute atomic E-state index is 0.00751. The van der Waals surface area contributed by atoms with E-state index in [0.717, 1.165) is 32.2 Å². The lowest BCUT2D eigenvalue weighted by Crippen LogP contribution is -2.56. The molecule has 2 N–H and O–H groups in total. The molecule has 7 nitrogen and oxygen atoms in total. The van der Waals surface area contributed by atoms with Crippen LogP contribution in [0.3, 0.4) is 0 Å². The van der Waals surface area contributed by atoms with Gasteiger partial charge in [0.1, 0.15) is 6.54 Å². The normalized spacial score (nSPS) is 28.4. The number of amides is 3. The van der Waals surface area contributed by atoms with E-state index in [0.29, 0.717) is 12.5 Å². The molecule has 3 aliphatic rings. The van der Waals surface area contributed by atoms with Crippen molar-refractivity contribution in [1.29, 1.82) is 0 Å².